The van der Waals surface area contributed by atoms with Crippen LogP contribution in [0, 0.1) is 6.92 Å². The number of hydrogen-bond acceptors (Lipinski definition) is 4. The molecule has 0 saturated heterocycles. The van der Waals surface area contributed by atoms with E-state index in [4.69, 9.17) is 0 Å². The molecule has 0 aromatic carbocycles. The number of amides is 1. The van der Waals surface area contributed by atoms with Crippen LogP contribution in [0.1, 0.15) is 15.9 Å². The predicted octanol–water partition coefficient (Wildman–Crippen LogP) is 3.62. The molecular weight excluding hydrogens is 370 g/mol. The second kappa shape index (κ2) is 5.24. The molecule has 0 aliphatic rings. The minimum Gasteiger partial charge on any atom is -0.304 e. The highest BCUT2D eigenvalue weighted by atomic mass is 79.9. The van der Waals surface area contributed by atoms with Crippen molar-refractivity contribution in [1.82, 2.24) is 9.97 Å². The Morgan fingerprint density at radius 2 is 2.18 bits per heavy atom. The first-order valence-electron chi connectivity index (χ1n) is 4.60. The van der Waals surface area contributed by atoms with Crippen molar-refractivity contribution < 1.29 is 4.79 Å². The van der Waals surface area contributed by atoms with Gasteiger partial charge in [-0.05, 0) is 49.7 Å². The van der Waals surface area contributed by atoms with E-state index in [1.54, 1.807) is 0 Å². The number of halogens is 2. The first kappa shape index (κ1) is 12.7. The highest BCUT2D eigenvalue weighted by molar-refractivity contribution is 9.11. The summed E-state index contributed by atoms with van der Waals surface area (Å²) in [5.41, 5.74) is 1.61. The summed E-state index contributed by atoms with van der Waals surface area (Å²) in [4.78, 5) is 20.1. The van der Waals surface area contributed by atoms with Gasteiger partial charge in [0.1, 0.15) is 9.21 Å². The van der Waals surface area contributed by atoms with E-state index in [-0.39, 0.29) is 5.91 Å². The van der Waals surface area contributed by atoms with E-state index in [0.717, 1.165) is 5.56 Å². The number of anilines is 1. The molecule has 0 fully saturated rings. The number of aryl methyl sites for hydroxylation is 1. The summed E-state index contributed by atoms with van der Waals surface area (Å²) in [5.74, 6) is 0.227. The fourth-order valence-electron chi connectivity index (χ4n) is 1.20. The number of hydrogen-bond donors (Lipinski definition) is 1. The minimum atomic E-state index is -0.180. The van der Waals surface area contributed by atoms with Gasteiger partial charge >= 0.3 is 0 Å². The number of carbonyl (C=O) groups excluding carboxylic acids is 1. The molecule has 0 saturated carbocycles. The van der Waals surface area contributed by atoms with Crippen LogP contribution in [0.3, 0.4) is 0 Å². The molecule has 2 rings (SSSR count). The van der Waals surface area contributed by atoms with Gasteiger partial charge in [-0.2, -0.15) is 11.3 Å². The predicted molar refractivity (Wildman–Crippen MR) is 74.4 cm³/mol. The molecule has 0 bridgehead atoms. The Balaban J connectivity index is 2.22. The fourth-order valence-corrected chi connectivity index (χ4v) is 2.94. The Morgan fingerprint density at radius 1 is 1.41 bits per heavy atom. The lowest BCUT2D eigenvalue weighted by Crippen LogP contribution is -2.14. The standard InChI is InChI=1S/C10H7Br2N3OS/c1-5-3-17-4-6(5)10(16)15-9-8(12)14-7(11)2-13-9/h2-4H,1H3,(H,13,15,16). The lowest BCUT2D eigenvalue weighted by molar-refractivity contribution is 0.102. The SMILES string of the molecule is Cc1cscc1C(=O)Nc1ncc(Br)nc1Br. The summed E-state index contributed by atoms with van der Waals surface area (Å²) in [6.07, 6.45) is 1.53. The zero-order chi connectivity index (χ0) is 12.4. The van der Waals surface area contributed by atoms with Crippen molar-refractivity contribution in [3.63, 3.8) is 0 Å². The molecule has 0 unspecified atom stereocenters. The highest BCUT2D eigenvalue weighted by Crippen LogP contribution is 2.21. The van der Waals surface area contributed by atoms with E-state index >= 15 is 0 Å². The molecule has 1 N–H and O–H groups in total. The quantitative estimate of drug-likeness (QED) is 0.870. The van der Waals surface area contributed by atoms with Crippen LogP contribution < -0.4 is 5.32 Å². The fraction of sp³-hybridized carbons (Fsp3) is 0.100. The molecule has 7 heteroatoms. The topological polar surface area (TPSA) is 54.9 Å². The first-order chi connectivity index (χ1) is 8.08. The second-order valence-corrected chi connectivity index (χ2v) is 5.56. The summed E-state index contributed by atoms with van der Waals surface area (Å²) in [6.45, 7) is 1.90. The number of carbonyl (C=O) groups is 1. The Kier molecular flexibility index (Phi) is 3.90. The van der Waals surface area contributed by atoms with Crippen LogP contribution in [0.2, 0.25) is 0 Å². The maximum atomic E-state index is 11.9. The van der Waals surface area contributed by atoms with Gasteiger partial charge in [0, 0.05) is 5.38 Å². The van der Waals surface area contributed by atoms with Crippen molar-refractivity contribution in [1.29, 1.82) is 0 Å². The van der Waals surface area contributed by atoms with Gasteiger partial charge in [-0.3, -0.25) is 4.79 Å². The van der Waals surface area contributed by atoms with Crippen LogP contribution in [-0.2, 0) is 0 Å². The molecule has 0 radical (unpaired) electrons. The highest BCUT2D eigenvalue weighted by Gasteiger charge is 2.13. The van der Waals surface area contributed by atoms with Crippen molar-refractivity contribution in [2.45, 2.75) is 6.92 Å². The molecule has 0 aliphatic carbocycles. The van der Waals surface area contributed by atoms with Gasteiger partial charge in [-0.1, -0.05) is 0 Å². The van der Waals surface area contributed by atoms with Crippen molar-refractivity contribution in [3.05, 3.63) is 37.3 Å². The molecular formula is C10H7Br2N3OS. The Morgan fingerprint density at radius 3 is 2.76 bits per heavy atom. The summed E-state index contributed by atoms with van der Waals surface area (Å²) in [5, 5.41) is 6.45. The zero-order valence-electron chi connectivity index (χ0n) is 8.70. The average Bonchev–Trinajstić information content (AvgIpc) is 2.68. The van der Waals surface area contributed by atoms with Crippen molar-refractivity contribution >= 4 is 54.9 Å². The largest absolute Gasteiger partial charge is 0.304 e. The van der Waals surface area contributed by atoms with Gasteiger partial charge in [0.2, 0.25) is 0 Å². The van der Waals surface area contributed by atoms with Gasteiger partial charge in [0.15, 0.2) is 5.82 Å². The smallest absolute Gasteiger partial charge is 0.258 e. The lowest BCUT2D eigenvalue weighted by Gasteiger charge is -2.05. The van der Waals surface area contributed by atoms with Crippen LogP contribution in [0.5, 0.6) is 0 Å². The molecule has 2 aromatic heterocycles. The third kappa shape index (κ3) is 2.91. The molecule has 0 aliphatic heterocycles. The Bertz CT molecular complexity index is 570. The van der Waals surface area contributed by atoms with E-state index in [1.165, 1.54) is 17.5 Å². The zero-order valence-corrected chi connectivity index (χ0v) is 12.7. The van der Waals surface area contributed by atoms with E-state index in [2.05, 4.69) is 47.1 Å². The van der Waals surface area contributed by atoms with E-state index in [9.17, 15) is 4.79 Å². The maximum absolute atomic E-state index is 11.9. The van der Waals surface area contributed by atoms with Gasteiger partial charge in [0.25, 0.3) is 5.91 Å². The molecule has 2 aromatic rings. The van der Waals surface area contributed by atoms with Crippen molar-refractivity contribution in [2.24, 2.45) is 0 Å². The summed E-state index contributed by atoms with van der Waals surface area (Å²) in [6, 6.07) is 0. The van der Waals surface area contributed by atoms with Crippen molar-refractivity contribution in [2.75, 3.05) is 5.32 Å². The Labute approximate surface area is 119 Å². The van der Waals surface area contributed by atoms with E-state index in [0.29, 0.717) is 20.6 Å². The normalized spacial score (nSPS) is 10.3. The van der Waals surface area contributed by atoms with Crippen LogP contribution in [-0.4, -0.2) is 15.9 Å². The van der Waals surface area contributed by atoms with Crippen LogP contribution in [0.4, 0.5) is 5.82 Å². The summed E-state index contributed by atoms with van der Waals surface area (Å²) in [7, 11) is 0. The van der Waals surface area contributed by atoms with Crippen LogP contribution in [0.25, 0.3) is 0 Å². The maximum Gasteiger partial charge on any atom is 0.258 e. The summed E-state index contributed by atoms with van der Waals surface area (Å²) >= 11 is 7.94. The number of rotatable bonds is 2. The summed E-state index contributed by atoms with van der Waals surface area (Å²) < 4.78 is 1.10. The molecule has 88 valence electrons. The van der Waals surface area contributed by atoms with Crippen LogP contribution >= 0.6 is 43.2 Å². The van der Waals surface area contributed by atoms with Crippen LogP contribution in [0.15, 0.2) is 26.2 Å². The van der Waals surface area contributed by atoms with Gasteiger partial charge in [0.05, 0.1) is 11.8 Å². The third-order valence-corrected chi connectivity index (χ3v) is 3.83. The molecule has 4 nitrogen and oxygen atoms in total. The minimum absolute atomic E-state index is 0.180. The van der Waals surface area contributed by atoms with E-state index < -0.39 is 0 Å². The number of nitrogens with one attached hydrogen (secondary N) is 1. The number of nitrogens with zero attached hydrogens (tertiary/aromatic N) is 2. The molecule has 1 amide bonds. The lowest BCUT2D eigenvalue weighted by atomic mass is 10.2. The van der Waals surface area contributed by atoms with Gasteiger partial charge in [-0.25, -0.2) is 9.97 Å². The van der Waals surface area contributed by atoms with Gasteiger partial charge in [-0.15, -0.1) is 0 Å². The third-order valence-electron chi connectivity index (χ3n) is 2.03. The second-order valence-electron chi connectivity index (χ2n) is 3.25. The molecule has 17 heavy (non-hydrogen) atoms. The average molecular weight is 377 g/mol. The van der Waals surface area contributed by atoms with E-state index in [1.807, 2.05) is 17.7 Å². The molecule has 2 heterocycles. The Hall–Kier alpha value is -0.790. The molecule has 0 spiro atoms. The van der Waals surface area contributed by atoms with Crippen molar-refractivity contribution in [3.8, 4) is 0 Å². The molecule has 0 atom stereocenters. The first-order valence-corrected chi connectivity index (χ1v) is 7.13. The number of aromatic nitrogens is 2. The van der Waals surface area contributed by atoms with Gasteiger partial charge < -0.3 is 5.32 Å². The monoisotopic (exact) mass is 375 g/mol. The number of thiophene rings is 1.